The average molecular weight is 471 g/mol. The molecule has 138 valence electrons. The monoisotopic (exact) mass is 469 g/mol. The van der Waals surface area contributed by atoms with Gasteiger partial charge in [0.2, 0.25) is 0 Å². The first-order valence-corrected chi connectivity index (χ1v) is 11.4. The van der Waals surface area contributed by atoms with Crippen LogP contribution in [-0.2, 0) is 6.54 Å². The maximum absolute atomic E-state index is 5.90. The molecule has 4 fully saturated rings. The van der Waals surface area contributed by atoms with Crippen LogP contribution in [0.15, 0.2) is 21.1 Å². The van der Waals surface area contributed by atoms with Crippen LogP contribution in [0.4, 0.5) is 0 Å². The van der Waals surface area contributed by atoms with Gasteiger partial charge in [-0.1, -0.05) is 15.9 Å². The summed E-state index contributed by atoms with van der Waals surface area (Å²) in [6.45, 7) is 6.04. The summed E-state index contributed by atoms with van der Waals surface area (Å²) in [5, 5.41) is 3.89. The highest BCUT2D eigenvalue weighted by Gasteiger charge is 2.52. The van der Waals surface area contributed by atoms with Crippen LogP contribution in [0.2, 0.25) is 0 Å². The predicted octanol–water partition coefficient (Wildman–Crippen LogP) is 6.30. The summed E-state index contributed by atoms with van der Waals surface area (Å²) in [6.07, 6.45) is 8.89. The first-order chi connectivity index (χ1) is 12.0. The largest absolute Gasteiger partial charge is 0.492 e. The van der Waals surface area contributed by atoms with E-state index in [0.717, 1.165) is 39.0 Å². The van der Waals surface area contributed by atoms with Crippen molar-refractivity contribution in [2.24, 2.45) is 23.2 Å². The van der Waals surface area contributed by atoms with Crippen molar-refractivity contribution >= 4 is 31.9 Å². The Kier molecular flexibility index (Phi) is 5.25. The number of rotatable bonds is 6. The molecule has 1 N–H and O–H groups in total. The van der Waals surface area contributed by atoms with E-state index in [0.29, 0.717) is 18.1 Å². The Morgan fingerprint density at radius 2 is 1.72 bits per heavy atom. The first-order valence-electron chi connectivity index (χ1n) is 9.83. The normalized spacial score (nSPS) is 34.3. The van der Waals surface area contributed by atoms with Gasteiger partial charge in [0.15, 0.2) is 0 Å². The Hall–Kier alpha value is -0.0600. The van der Waals surface area contributed by atoms with Gasteiger partial charge in [-0.15, -0.1) is 0 Å². The number of ether oxygens (including phenoxy) is 1. The van der Waals surface area contributed by atoms with Gasteiger partial charge in [0, 0.05) is 22.6 Å². The molecule has 1 aromatic rings. The molecule has 25 heavy (non-hydrogen) atoms. The second kappa shape index (κ2) is 7.16. The fraction of sp³-hybridized carbons (Fsp3) is 0.714. The quantitative estimate of drug-likeness (QED) is 0.526. The molecule has 4 aliphatic carbocycles. The molecule has 4 saturated carbocycles. The van der Waals surface area contributed by atoms with Gasteiger partial charge in [-0.25, -0.2) is 0 Å². The summed E-state index contributed by atoms with van der Waals surface area (Å²) in [5.74, 6) is 4.01. The molecule has 1 unspecified atom stereocenters. The van der Waals surface area contributed by atoms with Crippen LogP contribution in [0.3, 0.4) is 0 Å². The Bertz CT molecular complexity index is 610. The number of hydrogen-bond donors (Lipinski definition) is 1. The van der Waals surface area contributed by atoms with Gasteiger partial charge in [-0.2, -0.15) is 0 Å². The number of benzene rings is 1. The van der Waals surface area contributed by atoms with Gasteiger partial charge in [-0.3, -0.25) is 0 Å². The van der Waals surface area contributed by atoms with E-state index in [9.17, 15) is 0 Å². The van der Waals surface area contributed by atoms with Gasteiger partial charge in [-0.05, 0) is 104 Å². The molecule has 4 aliphatic rings. The minimum absolute atomic E-state index is 0.545. The van der Waals surface area contributed by atoms with Crippen molar-refractivity contribution < 1.29 is 4.74 Å². The highest BCUT2D eigenvalue weighted by Crippen LogP contribution is 2.61. The molecular weight excluding hydrogens is 442 g/mol. The van der Waals surface area contributed by atoms with Crippen molar-refractivity contribution in [2.75, 3.05) is 6.61 Å². The molecule has 0 aromatic heterocycles. The summed E-state index contributed by atoms with van der Waals surface area (Å²) < 4.78 is 8.03. The lowest BCUT2D eigenvalue weighted by molar-refractivity contribution is -0.0706. The first kappa shape index (κ1) is 18.3. The summed E-state index contributed by atoms with van der Waals surface area (Å²) in [7, 11) is 0. The van der Waals surface area contributed by atoms with Crippen molar-refractivity contribution in [1.82, 2.24) is 5.32 Å². The summed E-state index contributed by atoms with van der Waals surface area (Å²) >= 11 is 7.28. The lowest BCUT2D eigenvalue weighted by atomic mass is 9.48. The maximum Gasteiger partial charge on any atom is 0.138 e. The van der Waals surface area contributed by atoms with Crippen LogP contribution in [0, 0.1) is 23.2 Å². The van der Waals surface area contributed by atoms with Crippen LogP contribution in [-0.4, -0.2) is 12.6 Å². The third-order valence-electron chi connectivity index (χ3n) is 6.98. The zero-order valence-corrected chi connectivity index (χ0v) is 18.5. The lowest BCUT2D eigenvalue weighted by Gasteiger charge is -2.59. The average Bonchev–Trinajstić information content (AvgIpc) is 2.54. The van der Waals surface area contributed by atoms with Crippen molar-refractivity contribution in [3.63, 3.8) is 0 Å². The second-order valence-electron chi connectivity index (χ2n) is 8.69. The third kappa shape index (κ3) is 3.55. The molecule has 4 heteroatoms. The summed E-state index contributed by atoms with van der Waals surface area (Å²) in [4.78, 5) is 0. The Morgan fingerprint density at radius 3 is 2.28 bits per heavy atom. The van der Waals surface area contributed by atoms with Gasteiger partial charge >= 0.3 is 0 Å². The zero-order chi connectivity index (χ0) is 17.6. The Balaban J connectivity index is 1.48. The lowest BCUT2D eigenvalue weighted by Crippen LogP contribution is -2.54. The highest BCUT2D eigenvalue weighted by atomic mass is 79.9. The van der Waals surface area contributed by atoms with Gasteiger partial charge in [0.25, 0.3) is 0 Å². The summed E-state index contributed by atoms with van der Waals surface area (Å²) in [5.41, 5.74) is 1.78. The smallest absolute Gasteiger partial charge is 0.138 e. The van der Waals surface area contributed by atoms with E-state index >= 15 is 0 Å². The van der Waals surface area contributed by atoms with Crippen LogP contribution >= 0.6 is 31.9 Å². The minimum atomic E-state index is 0.545. The molecule has 1 atom stereocenters. The van der Waals surface area contributed by atoms with Gasteiger partial charge in [0.1, 0.15) is 5.75 Å². The SMILES string of the molecule is CCOc1c(Br)cc(Br)cc1CNC(C)C12CC3CC(CC(C3)C1)C2. The summed E-state index contributed by atoms with van der Waals surface area (Å²) in [6, 6.07) is 4.83. The Morgan fingerprint density at radius 1 is 1.12 bits per heavy atom. The van der Waals surface area contributed by atoms with Gasteiger partial charge < -0.3 is 10.1 Å². The fourth-order valence-corrected chi connectivity index (χ4v) is 7.67. The van der Waals surface area contributed by atoms with Crippen molar-refractivity contribution in [3.05, 3.63) is 26.6 Å². The van der Waals surface area contributed by atoms with E-state index in [-0.39, 0.29) is 0 Å². The second-order valence-corrected chi connectivity index (χ2v) is 10.5. The van der Waals surface area contributed by atoms with Crippen molar-refractivity contribution in [2.45, 2.75) is 65.0 Å². The van der Waals surface area contributed by atoms with E-state index in [1.807, 2.05) is 6.92 Å². The molecule has 5 rings (SSSR count). The van der Waals surface area contributed by atoms with E-state index in [1.54, 1.807) is 0 Å². The topological polar surface area (TPSA) is 21.3 Å². The van der Waals surface area contributed by atoms with E-state index in [4.69, 9.17) is 4.74 Å². The van der Waals surface area contributed by atoms with E-state index in [2.05, 4.69) is 56.2 Å². The van der Waals surface area contributed by atoms with Crippen LogP contribution in [0.5, 0.6) is 5.75 Å². The number of nitrogens with one attached hydrogen (secondary N) is 1. The number of hydrogen-bond acceptors (Lipinski definition) is 2. The molecule has 0 radical (unpaired) electrons. The van der Waals surface area contributed by atoms with Crippen LogP contribution in [0.1, 0.15) is 57.9 Å². The zero-order valence-electron chi connectivity index (χ0n) is 15.3. The number of halogens is 2. The maximum atomic E-state index is 5.90. The standard InChI is InChI=1S/C21H29Br2NO/c1-3-25-20-17(7-18(22)8-19(20)23)12-24-13(2)21-9-14-4-15(10-21)6-16(5-14)11-21/h7-8,13-16,24H,3-6,9-12H2,1-2H3. The molecule has 2 nitrogen and oxygen atoms in total. The van der Waals surface area contributed by atoms with Crippen LogP contribution < -0.4 is 10.1 Å². The molecule has 0 spiro atoms. The molecule has 1 aromatic carbocycles. The Labute approximate surface area is 168 Å². The third-order valence-corrected chi connectivity index (χ3v) is 8.02. The fourth-order valence-electron chi connectivity index (χ4n) is 6.24. The molecule has 4 bridgehead atoms. The predicted molar refractivity (Wildman–Crippen MR) is 110 cm³/mol. The molecule has 0 aliphatic heterocycles. The molecule has 0 heterocycles. The molecule has 0 amide bonds. The van der Waals surface area contributed by atoms with Crippen molar-refractivity contribution in [3.8, 4) is 5.75 Å². The van der Waals surface area contributed by atoms with E-state index in [1.165, 1.54) is 44.1 Å². The van der Waals surface area contributed by atoms with Gasteiger partial charge in [0.05, 0.1) is 11.1 Å². The molecular formula is C21H29Br2NO. The molecule has 0 saturated heterocycles. The minimum Gasteiger partial charge on any atom is -0.492 e. The van der Waals surface area contributed by atoms with E-state index < -0.39 is 0 Å². The van der Waals surface area contributed by atoms with Crippen molar-refractivity contribution in [1.29, 1.82) is 0 Å². The van der Waals surface area contributed by atoms with Crippen LogP contribution in [0.25, 0.3) is 0 Å². The highest BCUT2D eigenvalue weighted by molar-refractivity contribution is 9.11.